The van der Waals surface area contributed by atoms with E-state index in [-0.39, 0.29) is 16.6 Å². The minimum Gasteiger partial charge on any atom is -0.492 e. The van der Waals surface area contributed by atoms with E-state index in [1.807, 2.05) is 25.1 Å². The molecule has 1 amide bonds. The molecule has 1 aromatic heterocycles. The third-order valence-electron chi connectivity index (χ3n) is 3.76. The molecule has 1 N–H and O–H groups in total. The Labute approximate surface area is 155 Å². The quantitative estimate of drug-likeness (QED) is 0.693. The van der Waals surface area contributed by atoms with Crippen LogP contribution in [0.15, 0.2) is 47.4 Å². The predicted octanol–water partition coefficient (Wildman–Crippen LogP) is 3.74. The van der Waals surface area contributed by atoms with Gasteiger partial charge in [0.15, 0.2) is 15.0 Å². The van der Waals surface area contributed by atoms with Gasteiger partial charge in [0, 0.05) is 5.56 Å². The van der Waals surface area contributed by atoms with Crippen LogP contribution >= 0.6 is 11.3 Å². The minimum atomic E-state index is -3.28. The fraction of sp³-hybridized carbons (Fsp3) is 0.222. The number of sulfone groups is 1. The van der Waals surface area contributed by atoms with Gasteiger partial charge in [0.25, 0.3) is 5.91 Å². The number of hydrogen-bond donors (Lipinski definition) is 1. The highest BCUT2D eigenvalue weighted by molar-refractivity contribution is 7.91. The first kappa shape index (κ1) is 18.3. The molecular formula is C18H18N2O4S2. The first-order chi connectivity index (χ1) is 12.4. The number of anilines is 1. The number of nitrogens with zero attached hydrogens (tertiary/aromatic N) is 1. The second kappa shape index (κ2) is 7.43. The Hall–Kier alpha value is -2.45. The predicted molar refractivity (Wildman–Crippen MR) is 103 cm³/mol. The van der Waals surface area contributed by atoms with E-state index in [2.05, 4.69) is 10.3 Å². The Kier molecular flexibility index (Phi) is 5.24. The van der Waals surface area contributed by atoms with Crippen LogP contribution in [0.1, 0.15) is 24.2 Å². The number of carbonyl (C=O) groups is 1. The number of amides is 1. The van der Waals surface area contributed by atoms with Crippen LogP contribution in [0.5, 0.6) is 5.75 Å². The summed E-state index contributed by atoms with van der Waals surface area (Å²) in [5, 5.41) is 3.21. The number of ether oxygens (including phenoxy) is 1. The largest absolute Gasteiger partial charge is 0.492 e. The highest BCUT2D eigenvalue weighted by Gasteiger charge is 2.15. The molecule has 8 heteroatoms. The number of carbonyl (C=O) groups excluding carboxylic acids is 1. The zero-order chi connectivity index (χ0) is 18.7. The van der Waals surface area contributed by atoms with E-state index in [1.165, 1.54) is 35.6 Å². The molecule has 0 unspecified atom stereocenters. The Bertz CT molecular complexity index is 1040. The first-order valence-corrected chi connectivity index (χ1v) is 10.6. The summed E-state index contributed by atoms with van der Waals surface area (Å²) in [4.78, 5) is 17.0. The van der Waals surface area contributed by atoms with E-state index >= 15 is 0 Å². The van der Waals surface area contributed by atoms with Crippen LogP contribution in [0.4, 0.5) is 5.13 Å². The zero-order valence-corrected chi connectivity index (χ0v) is 16.0. The lowest BCUT2D eigenvalue weighted by Crippen LogP contribution is -2.12. The molecule has 3 aromatic rings. The molecule has 0 atom stereocenters. The molecule has 0 saturated heterocycles. The van der Waals surface area contributed by atoms with E-state index in [4.69, 9.17) is 4.74 Å². The van der Waals surface area contributed by atoms with Crippen LogP contribution in [0.3, 0.4) is 0 Å². The molecule has 0 aliphatic carbocycles. The van der Waals surface area contributed by atoms with Crippen LogP contribution in [0, 0.1) is 0 Å². The molecule has 0 radical (unpaired) electrons. The number of hydrogen-bond acceptors (Lipinski definition) is 6. The lowest BCUT2D eigenvalue weighted by atomic mass is 10.2. The molecule has 0 aliphatic rings. The molecule has 0 spiro atoms. The molecule has 136 valence electrons. The number of nitrogens with one attached hydrogen (secondary N) is 1. The fourth-order valence-corrected chi connectivity index (χ4v) is 4.16. The summed E-state index contributed by atoms with van der Waals surface area (Å²) in [7, 11) is -3.28. The SMILES string of the molecule is CCOc1cccc2sc(NC(=O)c3ccc(S(=O)(=O)CC)cc3)nc12. The smallest absolute Gasteiger partial charge is 0.257 e. The summed E-state index contributed by atoms with van der Waals surface area (Å²) < 4.78 is 30.1. The summed E-state index contributed by atoms with van der Waals surface area (Å²) in [6.07, 6.45) is 0. The monoisotopic (exact) mass is 390 g/mol. The minimum absolute atomic E-state index is 0.0203. The second-order valence-corrected chi connectivity index (χ2v) is 8.75. The maximum Gasteiger partial charge on any atom is 0.257 e. The lowest BCUT2D eigenvalue weighted by Gasteiger charge is -2.04. The van der Waals surface area contributed by atoms with Crippen LogP contribution < -0.4 is 10.1 Å². The van der Waals surface area contributed by atoms with Gasteiger partial charge in [-0.1, -0.05) is 24.3 Å². The molecule has 2 aromatic carbocycles. The maximum atomic E-state index is 12.4. The number of fused-ring (bicyclic) bond motifs is 1. The van der Waals surface area contributed by atoms with Crippen molar-refractivity contribution in [1.29, 1.82) is 0 Å². The summed E-state index contributed by atoms with van der Waals surface area (Å²) in [6, 6.07) is 11.5. The van der Waals surface area contributed by atoms with Crippen molar-refractivity contribution in [3.8, 4) is 5.75 Å². The molecule has 0 aliphatic heterocycles. The van der Waals surface area contributed by atoms with Gasteiger partial charge in [-0.3, -0.25) is 10.1 Å². The van der Waals surface area contributed by atoms with Crippen molar-refractivity contribution in [3.05, 3.63) is 48.0 Å². The van der Waals surface area contributed by atoms with Crippen molar-refractivity contribution >= 4 is 42.4 Å². The van der Waals surface area contributed by atoms with E-state index in [1.54, 1.807) is 6.92 Å². The maximum absolute atomic E-state index is 12.4. The molecule has 0 bridgehead atoms. The molecule has 3 rings (SSSR count). The van der Waals surface area contributed by atoms with E-state index in [0.717, 1.165) is 4.70 Å². The summed E-state index contributed by atoms with van der Waals surface area (Å²) in [5.41, 5.74) is 1.07. The summed E-state index contributed by atoms with van der Waals surface area (Å²) in [5.74, 6) is 0.352. The van der Waals surface area contributed by atoms with E-state index in [0.29, 0.717) is 28.6 Å². The van der Waals surface area contributed by atoms with Gasteiger partial charge < -0.3 is 4.74 Å². The van der Waals surface area contributed by atoms with Gasteiger partial charge in [-0.05, 0) is 43.3 Å². The van der Waals surface area contributed by atoms with E-state index in [9.17, 15) is 13.2 Å². The normalized spacial score (nSPS) is 11.5. The third-order valence-corrected chi connectivity index (χ3v) is 6.44. The van der Waals surface area contributed by atoms with Crippen LogP contribution in [-0.4, -0.2) is 31.7 Å². The highest BCUT2D eigenvalue weighted by Crippen LogP contribution is 2.32. The number of thiazole rings is 1. The van der Waals surface area contributed by atoms with E-state index < -0.39 is 9.84 Å². The van der Waals surface area contributed by atoms with Gasteiger partial charge in [-0.25, -0.2) is 13.4 Å². The van der Waals surface area contributed by atoms with Gasteiger partial charge >= 0.3 is 0 Å². The zero-order valence-electron chi connectivity index (χ0n) is 14.4. The lowest BCUT2D eigenvalue weighted by molar-refractivity contribution is 0.102. The first-order valence-electron chi connectivity index (χ1n) is 8.11. The van der Waals surface area contributed by atoms with Crippen LogP contribution in [0.25, 0.3) is 10.2 Å². The van der Waals surface area contributed by atoms with Gasteiger partial charge in [0.05, 0.1) is 22.0 Å². The Morgan fingerprint density at radius 1 is 1.15 bits per heavy atom. The number of benzene rings is 2. The van der Waals surface area contributed by atoms with Crippen molar-refractivity contribution in [2.75, 3.05) is 17.7 Å². The standard InChI is InChI=1S/C18H18N2O4S2/c1-3-24-14-6-5-7-15-16(14)19-18(25-15)20-17(21)12-8-10-13(11-9-12)26(22,23)4-2/h5-11H,3-4H2,1-2H3,(H,19,20,21). The van der Waals surface area contributed by atoms with Crippen molar-refractivity contribution in [1.82, 2.24) is 4.98 Å². The summed E-state index contributed by atoms with van der Waals surface area (Å²) in [6.45, 7) is 4.02. The average molecular weight is 390 g/mol. The van der Waals surface area contributed by atoms with Gasteiger partial charge in [0.2, 0.25) is 0 Å². The Morgan fingerprint density at radius 3 is 2.54 bits per heavy atom. The van der Waals surface area contributed by atoms with Gasteiger partial charge in [-0.15, -0.1) is 0 Å². The number of rotatable bonds is 6. The van der Waals surface area contributed by atoms with Crippen LogP contribution in [0.2, 0.25) is 0 Å². The molecule has 6 nitrogen and oxygen atoms in total. The highest BCUT2D eigenvalue weighted by atomic mass is 32.2. The molecule has 0 saturated carbocycles. The Morgan fingerprint density at radius 2 is 1.88 bits per heavy atom. The van der Waals surface area contributed by atoms with Crippen molar-refractivity contribution in [2.24, 2.45) is 0 Å². The Balaban J connectivity index is 1.82. The average Bonchev–Trinajstić information content (AvgIpc) is 3.05. The number of aromatic nitrogens is 1. The molecular weight excluding hydrogens is 372 g/mol. The van der Waals surface area contributed by atoms with Crippen molar-refractivity contribution in [3.63, 3.8) is 0 Å². The topological polar surface area (TPSA) is 85.4 Å². The van der Waals surface area contributed by atoms with Crippen LogP contribution in [-0.2, 0) is 9.84 Å². The van der Waals surface area contributed by atoms with Crippen molar-refractivity contribution in [2.45, 2.75) is 18.7 Å². The van der Waals surface area contributed by atoms with Crippen molar-refractivity contribution < 1.29 is 17.9 Å². The summed E-state index contributed by atoms with van der Waals surface area (Å²) >= 11 is 1.35. The second-order valence-electron chi connectivity index (χ2n) is 5.44. The third kappa shape index (κ3) is 3.71. The fourth-order valence-electron chi connectivity index (χ4n) is 2.40. The van der Waals surface area contributed by atoms with Gasteiger partial charge in [-0.2, -0.15) is 0 Å². The molecule has 1 heterocycles. The molecule has 26 heavy (non-hydrogen) atoms. The number of para-hydroxylation sites is 1. The van der Waals surface area contributed by atoms with Gasteiger partial charge in [0.1, 0.15) is 11.3 Å². The molecule has 0 fully saturated rings.